The van der Waals surface area contributed by atoms with Crippen molar-refractivity contribution in [1.82, 2.24) is 24.9 Å². The Kier molecular flexibility index (Phi) is 10.5. The first-order valence-electron chi connectivity index (χ1n) is 16.9. The number of nitrogens with one attached hydrogen (secondary N) is 2. The number of aryl methyl sites for hydroxylation is 2. The van der Waals surface area contributed by atoms with Crippen molar-refractivity contribution in [2.45, 2.75) is 70.6 Å². The standard InChI is InChI=1S/C35H47BrN6O4/c1-24-21-26(22-25(2)32(24)36)23-31(33(43)40-14-8-28(9-15-40)39-19-12-37-13-20-39)46-35(45)41-16-10-29(11-17-41)42-18-7-27-5-3-4-6-30(27)38-34(42)44/h3-6,21-22,28-29,31,37H,7-20,23H2,1-2H3,(H,38,44)/t31-/m1/s1. The summed E-state index contributed by atoms with van der Waals surface area (Å²) in [6.07, 6.45) is 2.99. The van der Waals surface area contributed by atoms with Gasteiger partial charge in [-0.2, -0.15) is 0 Å². The predicted octanol–water partition coefficient (Wildman–Crippen LogP) is 4.56. The lowest BCUT2D eigenvalue weighted by Gasteiger charge is -2.41. The number of urea groups is 1. The van der Waals surface area contributed by atoms with E-state index in [-0.39, 0.29) is 18.0 Å². The van der Waals surface area contributed by atoms with Crippen LogP contribution < -0.4 is 10.6 Å². The monoisotopic (exact) mass is 694 g/mol. The molecule has 0 radical (unpaired) electrons. The number of hydrogen-bond acceptors (Lipinski definition) is 6. The van der Waals surface area contributed by atoms with Gasteiger partial charge in [0.05, 0.1) is 0 Å². The average Bonchev–Trinajstić information content (AvgIpc) is 3.25. The Balaban J connectivity index is 1.09. The summed E-state index contributed by atoms with van der Waals surface area (Å²) in [5, 5.41) is 6.48. The zero-order chi connectivity index (χ0) is 32.2. The number of para-hydroxylation sites is 1. The number of piperidine rings is 2. The average molecular weight is 696 g/mol. The van der Waals surface area contributed by atoms with Crippen LogP contribution in [0.1, 0.15) is 47.9 Å². The van der Waals surface area contributed by atoms with Crippen LogP contribution in [0, 0.1) is 13.8 Å². The normalized spacial score (nSPS) is 20.9. The molecule has 0 bridgehead atoms. The van der Waals surface area contributed by atoms with E-state index in [0.717, 1.165) is 77.9 Å². The summed E-state index contributed by atoms with van der Waals surface area (Å²) in [5.41, 5.74) is 5.17. The van der Waals surface area contributed by atoms with Crippen molar-refractivity contribution >= 4 is 39.6 Å². The number of hydrogen-bond donors (Lipinski definition) is 2. The van der Waals surface area contributed by atoms with Gasteiger partial charge in [0, 0.05) is 87.6 Å². The number of carbonyl (C=O) groups is 3. The molecule has 46 heavy (non-hydrogen) atoms. The Morgan fingerprint density at radius 3 is 2.22 bits per heavy atom. The lowest BCUT2D eigenvalue weighted by Crippen LogP contribution is -2.54. The molecule has 2 aromatic carbocycles. The van der Waals surface area contributed by atoms with E-state index in [0.29, 0.717) is 58.0 Å². The molecule has 4 amide bonds. The van der Waals surface area contributed by atoms with Crippen LogP contribution in [0.5, 0.6) is 0 Å². The number of piperazine rings is 1. The lowest BCUT2D eigenvalue weighted by atomic mass is 9.99. The van der Waals surface area contributed by atoms with Crippen molar-refractivity contribution in [3.8, 4) is 0 Å². The van der Waals surface area contributed by atoms with Crippen molar-refractivity contribution in [2.24, 2.45) is 0 Å². The van der Waals surface area contributed by atoms with Gasteiger partial charge in [-0.05, 0) is 74.3 Å². The highest BCUT2D eigenvalue weighted by Gasteiger charge is 2.36. The fourth-order valence-corrected chi connectivity index (χ4v) is 7.77. The van der Waals surface area contributed by atoms with Crippen molar-refractivity contribution in [3.05, 3.63) is 63.1 Å². The molecule has 248 valence electrons. The molecule has 2 N–H and O–H groups in total. The second-order valence-corrected chi connectivity index (χ2v) is 14.0. The van der Waals surface area contributed by atoms with Crippen molar-refractivity contribution in [3.63, 3.8) is 0 Å². The maximum atomic E-state index is 14.0. The van der Waals surface area contributed by atoms with Crippen LogP contribution in [0.15, 0.2) is 40.9 Å². The van der Waals surface area contributed by atoms with Crippen LogP contribution in [-0.4, -0.2) is 115 Å². The SMILES string of the molecule is Cc1cc(C[C@@H](OC(=O)N2CCC(N3CCc4ccccc4NC3=O)CC2)C(=O)N2CCC(N3CCNCC3)CC2)cc(C)c1Br. The van der Waals surface area contributed by atoms with Crippen LogP contribution in [-0.2, 0) is 22.4 Å². The Labute approximate surface area is 280 Å². The highest BCUT2D eigenvalue weighted by molar-refractivity contribution is 9.10. The molecule has 4 heterocycles. The van der Waals surface area contributed by atoms with Crippen LogP contribution in [0.4, 0.5) is 15.3 Å². The van der Waals surface area contributed by atoms with Gasteiger partial charge in [-0.3, -0.25) is 9.69 Å². The third-order valence-corrected chi connectivity index (χ3v) is 11.4. The van der Waals surface area contributed by atoms with Crippen molar-refractivity contribution in [2.75, 3.05) is 64.2 Å². The number of benzene rings is 2. The molecule has 1 atom stereocenters. The zero-order valence-electron chi connectivity index (χ0n) is 27.1. The minimum Gasteiger partial charge on any atom is -0.436 e. The van der Waals surface area contributed by atoms with Crippen LogP contribution in [0.3, 0.4) is 0 Å². The van der Waals surface area contributed by atoms with Gasteiger partial charge in [0.2, 0.25) is 0 Å². The third-order valence-electron chi connectivity index (χ3n) is 10.2. The molecule has 11 heteroatoms. The first-order valence-corrected chi connectivity index (χ1v) is 17.7. The van der Waals surface area contributed by atoms with Crippen molar-refractivity contribution in [1.29, 1.82) is 0 Å². The minimum absolute atomic E-state index is 0.0430. The second-order valence-electron chi connectivity index (χ2n) is 13.2. The summed E-state index contributed by atoms with van der Waals surface area (Å²) in [7, 11) is 0. The fourth-order valence-electron chi connectivity index (χ4n) is 7.54. The first kappa shape index (κ1) is 32.8. The molecule has 10 nitrogen and oxygen atoms in total. The van der Waals surface area contributed by atoms with E-state index < -0.39 is 12.2 Å². The first-order chi connectivity index (χ1) is 22.3. The van der Waals surface area contributed by atoms with Crippen LogP contribution in [0.25, 0.3) is 0 Å². The Hall–Kier alpha value is -3.15. The number of likely N-dealkylation sites (tertiary alicyclic amines) is 2. The highest BCUT2D eigenvalue weighted by Crippen LogP contribution is 2.27. The Bertz CT molecular complexity index is 1390. The van der Waals surface area contributed by atoms with Gasteiger partial charge in [0.25, 0.3) is 5.91 Å². The van der Waals surface area contributed by atoms with Crippen LogP contribution in [0.2, 0.25) is 0 Å². The molecule has 3 fully saturated rings. The van der Waals surface area contributed by atoms with E-state index in [1.165, 1.54) is 0 Å². The lowest BCUT2D eigenvalue weighted by molar-refractivity contribution is -0.142. The molecular formula is C35H47BrN6O4. The number of rotatable bonds is 6. The topological polar surface area (TPSA) is 97.5 Å². The molecule has 2 aromatic rings. The number of halogens is 1. The van der Waals surface area contributed by atoms with Gasteiger partial charge in [0.15, 0.2) is 6.10 Å². The highest BCUT2D eigenvalue weighted by atomic mass is 79.9. The molecule has 6 rings (SSSR count). The third kappa shape index (κ3) is 7.52. The molecular weight excluding hydrogens is 648 g/mol. The molecule has 0 aliphatic carbocycles. The number of amides is 4. The summed E-state index contributed by atoms with van der Waals surface area (Å²) in [5.74, 6) is -0.110. The van der Waals surface area contributed by atoms with Gasteiger partial charge in [-0.25, -0.2) is 9.59 Å². The van der Waals surface area contributed by atoms with E-state index in [2.05, 4.69) is 49.7 Å². The summed E-state index contributed by atoms with van der Waals surface area (Å²) in [4.78, 5) is 48.7. The Morgan fingerprint density at radius 2 is 1.52 bits per heavy atom. The van der Waals surface area contributed by atoms with Gasteiger partial charge >= 0.3 is 12.1 Å². The summed E-state index contributed by atoms with van der Waals surface area (Å²) in [6.45, 7) is 11.2. The van der Waals surface area contributed by atoms with Gasteiger partial charge < -0.3 is 30.1 Å². The molecule has 3 saturated heterocycles. The van der Waals surface area contributed by atoms with Crippen LogP contribution >= 0.6 is 15.9 Å². The summed E-state index contributed by atoms with van der Waals surface area (Å²) >= 11 is 3.65. The van der Waals surface area contributed by atoms with E-state index in [9.17, 15) is 14.4 Å². The fraction of sp³-hybridized carbons (Fsp3) is 0.571. The summed E-state index contributed by atoms with van der Waals surface area (Å²) in [6, 6.07) is 12.5. The van der Waals surface area contributed by atoms with E-state index in [4.69, 9.17) is 4.74 Å². The molecule has 0 aromatic heterocycles. The number of fused-ring (bicyclic) bond motifs is 1. The smallest absolute Gasteiger partial charge is 0.410 e. The van der Waals surface area contributed by atoms with Crippen molar-refractivity contribution < 1.29 is 19.1 Å². The van der Waals surface area contributed by atoms with Gasteiger partial charge in [-0.15, -0.1) is 0 Å². The largest absolute Gasteiger partial charge is 0.436 e. The maximum Gasteiger partial charge on any atom is 0.410 e. The molecule has 0 unspecified atom stereocenters. The molecule has 0 spiro atoms. The maximum absolute atomic E-state index is 14.0. The predicted molar refractivity (Wildman–Crippen MR) is 182 cm³/mol. The number of anilines is 1. The number of nitrogens with zero attached hydrogens (tertiary/aromatic N) is 4. The van der Waals surface area contributed by atoms with Gasteiger partial charge in [-0.1, -0.05) is 46.3 Å². The number of carbonyl (C=O) groups excluding carboxylic acids is 3. The Morgan fingerprint density at radius 1 is 0.891 bits per heavy atom. The zero-order valence-corrected chi connectivity index (χ0v) is 28.7. The van der Waals surface area contributed by atoms with E-state index >= 15 is 0 Å². The molecule has 0 saturated carbocycles. The molecule has 4 aliphatic rings. The summed E-state index contributed by atoms with van der Waals surface area (Å²) < 4.78 is 7.15. The minimum atomic E-state index is -0.893. The van der Waals surface area contributed by atoms with E-state index in [1.807, 2.05) is 41.8 Å². The van der Waals surface area contributed by atoms with Gasteiger partial charge in [0.1, 0.15) is 0 Å². The van der Waals surface area contributed by atoms with E-state index in [1.54, 1.807) is 4.90 Å². The quantitative estimate of drug-likeness (QED) is 0.460. The second kappa shape index (κ2) is 14.7. The number of ether oxygens (including phenoxy) is 1. The molecule has 4 aliphatic heterocycles.